The average molecular weight is 352 g/mol. The van der Waals surface area contributed by atoms with Gasteiger partial charge in [-0.3, -0.25) is 4.79 Å². The highest BCUT2D eigenvalue weighted by atomic mass is 35.5. The van der Waals surface area contributed by atoms with E-state index in [1.54, 1.807) is 25.1 Å². The van der Waals surface area contributed by atoms with Crippen LogP contribution in [0.3, 0.4) is 0 Å². The third kappa shape index (κ3) is 2.83. The fourth-order valence-corrected chi connectivity index (χ4v) is 2.91. The Hall–Kier alpha value is -2.92. The van der Waals surface area contributed by atoms with Crippen LogP contribution in [0.2, 0.25) is 5.02 Å². The van der Waals surface area contributed by atoms with E-state index >= 15 is 0 Å². The van der Waals surface area contributed by atoms with E-state index in [-0.39, 0.29) is 5.78 Å². The number of hydrogen-bond donors (Lipinski definition) is 1. The van der Waals surface area contributed by atoms with E-state index in [0.717, 1.165) is 11.1 Å². The molecule has 25 heavy (non-hydrogen) atoms. The summed E-state index contributed by atoms with van der Waals surface area (Å²) in [5, 5.41) is 4.72. The van der Waals surface area contributed by atoms with Crippen LogP contribution in [0.4, 0.5) is 11.5 Å². The molecule has 4 rings (SSSR count). The van der Waals surface area contributed by atoms with Crippen molar-refractivity contribution >= 4 is 51.0 Å². The van der Waals surface area contributed by atoms with E-state index in [4.69, 9.17) is 16.0 Å². The van der Waals surface area contributed by atoms with Crippen LogP contribution in [0.15, 0.2) is 46.9 Å². The molecule has 0 aliphatic carbocycles. The Kier molecular flexibility index (Phi) is 3.66. The van der Waals surface area contributed by atoms with Gasteiger partial charge in [0.1, 0.15) is 16.9 Å². The molecule has 5 nitrogen and oxygen atoms in total. The van der Waals surface area contributed by atoms with Gasteiger partial charge in [-0.05, 0) is 56.3 Å². The molecule has 0 aliphatic heterocycles. The molecule has 0 fully saturated rings. The van der Waals surface area contributed by atoms with Crippen molar-refractivity contribution in [1.82, 2.24) is 9.97 Å². The topological polar surface area (TPSA) is 68.0 Å². The van der Waals surface area contributed by atoms with Crippen molar-refractivity contribution in [3.63, 3.8) is 0 Å². The minimum atomic E-state index is 0.0287. The van der Waals surface area contributed by atoms with Gasteiger partial charge in [-0.25, -0.2) is 9.97 Å². The molecule has 4 aromatic rings. The second kappa shape index (κ2) is 5.86. The zero-order valence-corrected chi connectivity index (χ0v) is 14.4. The van der Waals surface area contributed by atoms with Crippen LogP contribution in [0.25, 0.3) is 22.1 Å². The monoisotopic (exact) mass is 351 g/mol. The standard InChI is InChI=1S/C19H14ClN3O2/c1-10(24)12-3-6-14(7-4-12)23-19-18-17(21-11(2)22-19)15-9-13(20)5-8-16(15)25-18/h3-9H,1-2H3,(H,21,22,23). The Labute approximate surface area is 148 Å². The second-order valence-corrected chi connectivity index (χ2v) is 6.23. The largest absolute Gasteiger partial charge is 0.450 e. The first kappa shape index (κ1) is 15.6. The van der Waals surface area contributed by atoms with Crippen molar-refractivity contribution < 1.29 is 9.21 Å². The highest BCUT2D eigenvalue weighted by molar-refractivity contribution is 6.31. The van der Waals surface area contributed by atoms with Crippen molar-refractivity contribution in [2.45, 2.75) is 13.8 Å². The molecule has 0 aliphatic rings. The molecule has 0 amide bonds. The minimum Gasteiger partial charge on any atom is -0.450 e. The first-order valence-corrected chi connectivity index (χ1v) is 8.13. The second-order valence-electron chi connectivity index (χ2n) is 5.80. The number of fused-ring (bicyclic) bond motifs is 3. The first-order valence-electron chi connectivity index (χ1n) is 7.76. The summed E-state index contributed by atoms with van der Waals surface area (Å²) >= 11 is 6.10. The summed E-state index contributed by atoms with van der Waals surface area (Å²) in [5.41, 5.74) is 3.46. The Balaban J connectivity index is 1.83. The SMILES string of the molecule is CC(=O)c1ccc(Nc2nc(C)nc3c2oc2ccc(Cl)cc23)cc1. The van der Waals surface area contributed by atoms with Crippen molar-refractivity contribution in [2.75, 3.05) is 5.32 Å². The number of halogens is 1. The molecule has 0 saturated carbocycles. The molecular formula is C19H14ClN3O2. The van der Waals surface area contributed by atoms with E-state index in [1.165, 1.54) is 0 Å². The van der Waals surface area contributed by atoms with Crippen LogP contribution in [0.5, 0.6) is 0 Å². The molecule has 6 heteroatoms. The van der Waals surface area contributed by atoms with Gasteiger partial charge in [0, 0.05) is 21.7 Å². The number of anilines is 2. The number of hydrogen-bond acceptors (Lipinski definition) is 5. The number of nitrogens with one attached hydrogen (secondary N) is 1. The number of benzene rings is 2. The summed E-state index contributed by atoms with van der Waals surface area (Å²) in [6, 6.07) is 12.6. The summed E-state index contributed by atoms with van der Waals surface area (Å²) in [6.45, 7) is 3.37. The van der Waals surface area contributed by atoms with E-state index < -0.39 is 0 Å². The molecule has 2 heterocycles. The number of Topliss-reactive ketones (excluding diaryl/α,β-unsaturated/α-hetero) is 1. The zero-order chi connectivity index (χ0) is 17.6. The Morgan fingerprint density at radius 3 is 2.60 bits per heavy atom. The number of carbonyl (C=O) groups excluding carboxylic acids is 1. The van der Waals surface area contributed by atoms with Gasteiger partial charge in [0.15, 0.2) is 17.2 Å². The lowest BCUT2D eigenvalue weighted by atomic mass is 10.1. The molecule has 2 aromatic heterocycles. The molecule has 0 radical (unpaired) electrons. The van der Waals surface area contributed by atoms with Crippen LogP contribution in [-0.2, 0) is 0 Å². The third-order valence-corrected chi connectivity index (χ3v) is 4.18. The fourth-order valence-electron chi connectivity index (χ4n) is 2.74. The van der Waals surface area contributed by atoms with E-state index in [0.29, 0.717) is 38.9 Å². The highest BCUT2D eigenvalue weighted by Crippen LogP contribution is 2.33. The summed E-state index contributed by atoms with van der Waals surface area (Å²) < 4.78 is 5.93. The van der Waals surface area contributed by atoms with Gasteiger partial charge in [-0.2, -0.15) is 0 Å². The highest BCUT2D eigenvalue weighted by Gasteiger charge is 2.15. The summed E-state index contributed by atoms with van der Waals surface area (Å²) in [4.78, 5) is 20.3. The summed E-state index contributed by atoms with van der Waals surface area (Å²) in [5.74, 6) is 1.23. The van der Waals surface area contributed by atoms with Crippen LogP contribution >= 0.6 is 11.6 Å². The van der Waals surface area contributed by atoms with Gasteiger partial charge in [-0.1, -0.05) is 11.6 Å². The van der Waals surface area contributed by atoms with Gasteiger partial charge in [0.25, 0.3) is 0 Å². The number of aromatic nitrogens is 2. The molecule has 124 valence electrons. The Bertz CT molecular complexity index is 1120. The summed E-state index contributed by atoms with van der Waals surface area (Å²) in [7, 11) is 0. The lowest BCUT2D eigenvalue weighted by molar-refractivity contribution is 0.101. The lowest BCUT2D eigenvalue weighted by Crippen LogP contribution is -1.98. The van der Waals surface area contributed by atoms with Crippen LogP contribution in [-0.4, -0.2) is 15.8 Å². The maximum Gasteiger partial charge on any atom is 0.196 e. The molecule has 0 spiro atoms. The van der Waals surface area contributed by atoms with Gasteiger partial charge in [-0.15, -0.1) is 0 Å². The predicted molar refractivity (Wildman–Crippen MR) is 98.8 cm³/mol. The van der Waals surface area contributed by atoms with Crippen LogP contribution in [0, 0.1) is 6.92 Å². The predicted octanol–water partition coefficient (Wildman–Crippen LogP) is 5.28. The normalized spacial score (nSPS) is 11.2. The number of nitrogens with zero attached hydrogens (tertiary/aromatic N) is 2. The smallest absolute Gasteiger partial charge is 0.196 e. The minimum absolute atomic E-state index is 0.0287. The van der Waals surface area contributed by atoms with Gasteiger partial charge < -0.3 is 9.73 Å². The number of furan rings is 1. The van der Waals surface area contributed by atoms with Crippen molar-refractivity contribution in [1.29, 1.82) is 0 Å². The van der Waals surface area contributed by atoms with Crippen molar-refractivity contribution in [3.8, 4) is 0 Å². The van der Waals surface area contributed by atoms with Crippen molar-refractivity contribution in [3.05, 3.63) is 58.9 Å². The van der Waals surface area contributed by atoms with Crippen LogP contribution in [0.1, 0.15) is 23.1 Å². The third-order valence-electron chi connectivity index (χ3n) is 3.94. The molecular weight excluding hydrogens is 338 g/mol. The fraction of sp³-hybridized carbons (Fsp3) is 0.105. The van der Waals surface area contributed by atoms with E-state index in [9.17, 15) is 4.79 Å². The first-order chi connectivity index (χ1) is 12.0. The quantitative estimate of drug-likeness (QED) is 0.508. The number of rotatable bonds is 3. The maximum atomic E-state index is 11.4. The number of ketones is 1. The maximum absolute atomic E-state index is 11.4. The molecule has 0 unspecified atom stereocenters. The Morgan fingerprint density at radius 2 is 1.88 bits per heavy atom. The zero-order valence-electron chi connectivity index (χ0n) is 13.6. The number of aryl methyl sites for hydroxylation is 1. The lowest BCUT2D eigenvalue weighted by Gasteiger charge is -2.07. The molecule has 0 atom stereocenters. The number of carbonyl (C=O) groups is 1. The molecule has 1 N–H and O–H groups in total. The van der Waals surface area contributed by atoms with E-state index in [1.807, 2.05) is 31.2 Å². The van der Waals surface area contributed by atoms with E-state index in [2.05, 4.69) is 15.3 Å². The molecule has 0 bridgehead atoms. The average Bonchev–Trinajstić information content (AvgIpc) is 2.93. The molecule has 0 saturated heterocycles. The molecule has 2 aromatic carbocycles. The van der Waals surface area contributed by atoms with Crippen molar-refractivity contribution in [2.24, 2.45) is 0 Å². The van der Waals surface area contributed by atoms with Gasteiger partial charge in [0.05, 0.1) is 0 Å². The van der Waals surface area contributed by atoms with Gasteiger partial charge >= 0.3 is 0 Å². The van der Waals surface area contributed by atoms with Crippen LogP contribution < -0.4 is 5.32 Å². The van der Waals surface area contributed by atoms with Gasteiger partial charge in [0.2, 0.25) is 0 Å². The summed E-state index contributed by atoms with van der Waals surface area (Å²) in [6.07, 6.45) is 0. The Morgan fingerprint density at radius 1 is 1.12 bits per heavy atom.